The molecule has 1 aromatic carbocycles. The van der Waals surface area contributed by atoms with Gasteiger partial charge in [0, 0.05) is 11.3 Å². The fraction of sp³-hybridized carbons (Fsp3) is 0.455. The van der Waals surface area contributed by atoms with Crippen molar-refractivity contribution >= 4 is 11.8 Å². The van der Waals surface area contributed by atoms with Crippen LogP contribution < -0.4 is 0 Å². The highest BCUT2D eigenvalue weighted by atomic mass is 32.2. The summed E-state index contributed by atoms with van der Waals surface area (Å²) >= 11 is 1.42. The zero-order valence-electron chi connectivity index (χ0n) is 9.01. The maximum absolute atomic E-state index is 13.3. The van der Waals surface area contributed by atoms with Gasteiger partial charge in [-0.1, -0.05) is 19.9 Å². The maximum Gasteiger partial charge on any atom is 0.194 e. The largest absolute Gasteiger partial charge is 0.387 e. The van der Waals surface area contributed by atoms with Crippen LogP contribution in [0.1, 0.15) is 25.5 Å². The molecule has 0 fully saturated rings. The summed E-state index contributed by atoms with van der Waals surface area (Å²) in [5.74, 6) is -3.84. The predicted octanol–water partition coefficient (Wildman–Crippen LogP) is 3.28. The lowest BCUT2D eigenvalue weighted by atomic mass is 10.1. The lowest BCUT2D eigenvalue weighted by Gasteiger charge is -2.13. The minimum Gasteiger partial charge on any atom is -0.387 e. The first-order chi connectivity index (χ1) is 7.43. The number of rotatable bonds is 4. The van der Waals surface area contributed by atoms with E-state index in [0.29, 0.717) is 0 Å². The van der Waals surface area contributed by atoms with Gasteiger partial charge < -0.3 is 5.11 Å². The fourth-order valence-electron chi connectivity index (χ4n) is 1.17. The molecule has 0 aliphatic rings. The second-order valence-electron chi connectivity index (χ2n) is 3.66. The van der Waals surface area contributed by atoms with Crippen molar-refractivity contribution in [3.8, 4) is 0 Å². The van der Waals surface area contributed by atoms with Crippen LogP contribution in [0.4, 0.5) is 13.2 Å². The van der Waals surface area contributed by atoms with Crippen molar-refractivity contribution in [2.45, 2.75) is 25.2 Å². The third-order valence-electron chi connectivity index (χ3n) is 2.01. The van der Waals surface area contributed by atoms with Crippen LogP contribution in [0, 0.1) is 17.5 Å². The van der Waals surface area contributed by atoms with Gasteiger partial charge in [-0.2, -0.15) is 11.8 Å². The monoisotopic (exact) mass is 250 g/mol. The summed E-state index contributed by atoms with van der Waals surface area (Å²) in [6.45, 7) is 3.86. The second-order valence-corrected chi connectivity index (χ2v) is 5.27. The first-order valence-electron chi connectivity index (χ1n) is 4.86. The topological polar surface area (TPSA) is 20.2 Å². The van der Waals surface area contributed by atoms with Crippen LogP contribution in [-0.2, 0) is 0 Å². The Balaban J connectivity index is 2.84. The van der Waals surface area contributed by atoms with E-state index in [4.69, 9.17) is 0 Å². The average Bonchev–Trinajstić information content (AvgIpc) is 2.23. The van der Waals surface area contributed by atoms with E-state index in [1.165, 1.54) is 11.8 Å². The highest BCUT2D eigenvalue weighted by Gasteiger charge is 2.19. The van der Waals surface area contributed by atoms with Crippen molar-refractivity contribution in [1.29, 1.82) is 0 Å². The number of halogens is 3. The zero-order valence-corrected chi connectivity index (χ0v) is 9.82. The van der Waals surface area contributed by atoms with E-state index in [1.807, 2.05) is 13.8 Å². The van der Waals surface area contributed by atoms with Crippen molar-refractivity contribution in [3.05, 3.63) is 35.1 Å². The lowest BCUT2D eigenvalue weighted by Crippen LogP contribution is -2.07. The van der Waals surface area contributed by atoms with Crippen LogP contribution in [0.3, 0.4) is 0 Å². The van der Waals surface area contributed by atoms with Crippen molar-refractivity contribution < 1.29 is 18.3 Å². The fourth-order valence-corrected chi connectivity index (χ4v) is 1.92. The summed E-state index contributed by atoms with van der Waals surface area (Å²) < 4.78 is 38.8. The van der Waals surface area contributed by atoms with Crippen LogP contribution in [0.15, 0.2) is 12.1 Å². The highest BCUT2D eigenvalue weighted by molar-refractivity contribution is 7.99. The van der Waals surface area contributed by atoms with Crippen LogP contribution in [0.5, 0.6) is 0 Å². The first-order valence-corrected chi connectivity index (χ1v) is 5.91. The molecule has 0 aliphatic carbocycles. The summed E-state index contributed by atoms with van der Waals surface area (Å²) in [5, 5.41) is 9.90. The van der Waals surface area contributed by atoms with Gasteiger partial charge in [0.05, 0.1) is 6.10 Å². The Labute approximate surface area is 96.7 Å². The summed E-state index contributed by atoms with van der Waals surface area (Å²) in [6, 6.07) is 1.89. The van der Waals surface area contributed by atoms with Crippen molar-refractivity contribution in [2.75, 3.05) is 5.75 Å². The van der Waals surface area contributed by atoms with Crippen molar-refractivity contribution in [2.24, 2.45) is 0 Å². The molecule has 0 spiro atoms. The average molecular weight is 250 g/mol. The molecule has 0 bridgehead atoms. The molecule has 1 rings (SSSR count). The quantitative estimate of drug-likeness (QED) is 0.827. The molecule has 1 nitrogen and oxygen atoms in total. The number of hydrogen-bond donors (Lipinski definition) is 1. The molecule has 1 unspecified atom stereocenters. The number of benzene rings is 1. The summed E-state index contributed by atoms with van der Waals surface area (Å²) in [4.78, 5) is 0. The molecule has 1 N–H and O–H groups in total. The Bertz CT molecular complexity index is 368. The van der Waals surface area contributed by atoms with Gasteiger partial charge in [-0.15, -0.1) is 0 Å². The molecule has 16 heavy (non-hydrogen) atoms. The molecule has 5 heteroatoms. The molecule has 0 saturated carbocycles. The standard InChI is InChI=1S/C11H13F3OS/c1-6(2)16-5-9(15)7-3-4-8(12)11(14)10(7)13/h3-4,6,9,15H,5H2,1-2H3. The molecule has 0 heterocycles. The number of hydrogen-bond acceptors (Lipinski definition) is 2. The zero-order chi connectivity index (χ0) is 12.3. The van der Waals surface area contributed by atoms with E-state index < -0.39 is 23.6 Å². The summed E-state index contributed by atoms with van der Waals surface area (Å²) in [7, 11) is 0. The second kappa shape index (κ2) is 5.59. The Hall–Kier alpha value is -0.680. The predicted molar refractivity (Wildman–Crippen MR) is 58.9 cm³/mol. The molecular weight excluding hydrogens is 237 g/mol. The molecule has 1 aromatic rings. The van der Waals surface area contributed by atoms with E-state index in [-0.39, 0.29) is 16.6 Å². The van der Waals surface area contributed by atoms with Gasteiger partial charge >= 0.3 is 0 Å². The first kappa shape index (κ1) is 13.4. The van der Waals surface area contributed by atoms with Gasteiger partial charge in [-0.05, 0) is 11.3 Å². The van der Waals surface area contributed by atoms with Gasteiger partial charge in [0.25, 0.3) is 0 Å². The Kier molecular flexibility index (Phi) is 4.68. The van der Waals surface area contributed by atoms with E-state index in [0.717, 1.165) is 12.1 Å². The smallest absolute Gasteiger partial charge is 0.194 e. The van der Waals surface area contributed by atoms with E-state index in [1.54, 1.807) is 0 Å². The van der Waals surface area contributed by atoms with Crippen molar-refractivity contribution in [3.63, 3.8) is 0 Å². The summed E-state index contributed by atoms with van der Waals surface area (Å²) in [6.07, 6.45) is -1.12. The van der Waals surface area contributed by atoms with Crippen LogP contribution in [-0.4, -0.2) is 16.1 Å². The summed E-state index contributed by atoms with van der Waals surface area (Å²) in [5.41, 5.74) is -0.202. The van der Waals surface area contributed by atoms with Crippen LogP contribution in [0.2, 0.25) is 0 Å². The third kappa shape index (κ3) is 3.15. The number of aliphatic hydroxyl groups excluding tert-OH is 1. The third-order valence-corrected chi connectivity index (χ3v) is 3.19. The maximum atomic E-state index is 13.3. The van der Waals surface area contributed by atoms with E-state index in [9.17, 15) is 18.3 Å². The van der Waals surface area contributed by atoms with Crippen LogP contribution >= 0.6 is 11.8 Å². The Morgan fingerprint density at radius 1 is 1.19 bits per heavy atom. The SMILES string of the molecule is CC(C)SCC(O)c1ccc(F)c(F)c1F. The number of thioether (sulfide) groups is 1. The van der Waals surface area contributed by atoms with Crippen molar-refractivity contribution in [1.82, 2.24) is 0 Å². The molecule has 0 amide bonds. The van der Waals surface area contributed by atoms with Gasteiger partial charge in [-0.25, -0.2) is 13.2 Å². The molecule has 90 valence electrons. The molecular formula is C11H13F3OS. The van der Waals surface area contributed by atoms with Gasteiger partial charge in [0.1, 0.15) is 0 Å². The molecule has 1 atom stereocenters. The van der Waals surface area contributed by atoms with Gasteiger partial charge in [0.15, 0.2) is 17.5 Å². The Morgan fingerprint density at radius 3 is 2.38 bits per heavy atom. The van der Waals surface area contributed by atoms with Gasteiger partial charge in [-0.3, -0.25) is 0 Å². The molecule has 0 saturated heterocycles. The lowest BCUT2D eigenvalue weighted by molar-refractivity contribution is 0.196. The normalized spacial score (nSPS) is 13.2. The van der Waals surface area contributed by atoms with Gasteiger partial charge in [0.2, 0.25) is 0 Å². The molecule has 0 aromatic heterocycles. The molecule has 0 aliphatic heterocycles. The highest BCUT2D eigenvalue weighted by Crippen LogP contribution is 2.25. The minimum absolute atomic E-state index is 0.202. The molecule has 0 radical (unpaired) electrons. The Morgan fingerprint density at radius 2 is 1.81 bits per heavy atom. The van der Waals surface area contributed by atoms with E-state index in [2.05, 4.69) is 0 Å². The number of aliphatic hydroxyl groups is 1. The van der Waals surface area contributed by atoms with Crippen LogP contribution in [0.25, 0.3) is 0 Å². The minimum atomic E-state index is -1.54. The van der Waals surface area contributed by atoms with E-state index >= 15 is 0 Å².